The number of carbonyl (C=O) groups is 1. The summed E-state index contributed by atoms with van der Waals surface area (Å²) >= 11 is 0. The zero-order valence-electron chi connectivity index (χ0n) is 9.20. The highest BCUT2D eigenvalue weighted by atomic mass is 16.1. The lowest BCUT2D eigenvalue weighted by molar-refractivity contribution is -0.121. The molecule has 0 spiro atoms. The average Bonchev–Trinajstić information content (AvgIpc) is 3.00. The highest BCUT2D eigenvalue weighted by molar-refractivity contribution is 5.78. The van der Waals surface area contributed by atoms with Gasteiger partial charge in [0.25, 0.3) is 0 Å². The summed E-state index contributed by atoms with van der Waals surface area (Å²) in [7, 11) is 0. The van der Waals surface area contributed by atoms with E-state index in [4.69, 9.17) is 0 Å². The van der Waals surface area contributed by atoms with E-state index in [0.717, 1.165) is 19.4 Å². The number of fused-ring (bicyclic) bond motifs is 1. The first kappa shape index (κ1) is 9.70. The van der Waals surface area contributed by atoms with Gasteiger partial charge < -0.3 is 10.6 Å². The molecule has 16 heavy (non-hydrogen) atoms. The van der Waals surface area contributed by atoms with Gasteiger partial charge in [-0.25, -0.2) is 0 Å². The molecule has 1 heterocycles. The van der Waals surface area contributed by atoms with Crippen molar-refractivity contribution >= 4 is 11.6 Å². The topological polar surface area (TPSA) is 41.1 Å². The van der Waals surface area contributed by atoms with Crippen LogP contribution in [0.15, 0.2) is 24.3 Å². The van der Waals surface area contributed by atoms with Gasteiger partial charge in [-0.2, -0.15) is 0 Å². The third kappa shape index (κ3) is 1.90. The summed E-state index contributed by atoms with van der Waals surface area (Å²) < 4.78 is 0. The Labute approximate surface area is 95.2 Å². The van der Waals surface area contributed by atoms with Crippen molar-refractivity contribution < 1.29 is 4.79 Å². The van der Waals surface area contributed by atoms with E-state index >= 15 is 0 Å². The zero-order valence-corrected chi connectivity index (χ0v) is 9.20. The largest absolute Gasteiger partial charge is 0.384 e. The van der Waals surface area contributed by atoms with Crippen molar-refractivity contribution in [3.8, 4) is 0 Å². The Bertz CT molecular complexity index is 412. The smallest absolute Gasteiger partial charge is 0.220 e. The Morgan fingerprint density at radius 2 is 2.19 bits per heavy atom. The molecule has 0 aromatic heterocycles. The molecule has 1 aliphatic carbocycles. The first-order valence-electron chi connectivity index (χ1n) is 5.95. The fourth-order valence-electron chi connectivity index (χ4n) is 2.28. The fraction of sp³-hybridized carbons (Fsp3) is 0.462. The summed E-state index contributed by atoms with van der Waals surface area (Å²) in [4.78, 5) is 11.7. The second-order valence-corrected chi connectivity index (χ2v) is 4.71. The van der Waals surface area contributed by atoms with E-state index in [1.54, 1.807) is 0 Å². The maximum Gasteiger partial charge on any atom is 0.220 e. The molecule has 2 aliphatic rings. The van der Waals surface area contributed by atoms with Crippen LogP contribution in [0, 0.1) is 0 Å². The Morgan fingerprint density at radius 1 is 1.38 bits per heavy atom. The second kappa shape index (κ2) is 3.81. The van der Waals surface area contributed by atoms with E-state index in [2.05, 4.69) is 22.8 Å². The van der Waals surface area contributed by atoms with Crippen LogP contribution < -0.4 is 10.6 Å². The summed E-state index contributed by atoms with van der Waals surface area (Å²) in [6, 6.07) is 8.73. The second-order valence-electron chi connectivity index (χ2n) is 4.71. The monoisotopic (exact) mass is 216 g/mol. The standard InChI is InChI=1S/C13H16N2O/c16-13(15-10-5-6-10)7-9-8-14-12-4-2-1-3-11(9)12/h1-4,9-10,14H,5-8H2,(H,15,16). The molecular weight excluding hydrogens is 200 g/mol. The molecule has 3 rings (SSSR count). The highest BCUT2D eigenvalue weighted by Gasteiger charge is 2.27. The lowest BCUT2D eigenvalue weighted by Crippen LogP contribution is -2.27. The molecule has 1 atom stereocenters. The van der Waals surface area contributed by atoms with E-state index in [1.165, 1.54) is 11.3 Å². The number of benzene rings is 1. The number of para-hydroxylation sites is 1. The Morgan fingerprint density at radius 3 is 3.00 bits per heavy atom. The van der Waals surface area contributed by atoms with Crippen LogP contribution in [0.2, 0.25) is 0 Å². The minimum Gasteiger partial charge on any atom is -0.384 e. The van der Waals surface area contributed by atoms with Crippen molar-refractivity contribution in [2.45, 2.75) is 31.2 Å². The Kier molecular flexibility index (Phi) is 2.31. The highest BCUT2D eigenvalue weighted by Crippen LogP contribution is 2.33. The quantitative estimate of drug-likeness (QED) is 0.809. The van der Waals surface area contributed by atoms with Gasteiger partial charge in [-0.3, -0.25) is 4.79 Å². The lowest BCUT2D eigenvalue weighted by Gasteiger charge is -2.09. The zero-order chi connectivity index (χ0) is 11.0. The van der Waals surface area contributed by atoms with Crippen LogP contribution in [-0.2, 0) is 4.79 Å². The molecule has 1 aromatic carbocycles. The number of anilines is 1. The van der Waals surface area contributed by atoms with E-state index in [0.29, 0.717) is 18.4 Å². The number of carbonyl (C=O) groups excluding carboxylic acids is 1. The van der Waals surface area contributed by atoms with Gasteiger partial charge in [-0.05, 0) is 24.5 Å². The summed E-state index contributed by atoms with van der Waals surface area (Å²) in [5.74, 6) is 0.543. The molecule has 0 bridgehead atoms. The molecule has 3 heteroatoms. The van der Waals surface area contributed by atoms with Gasteiger partial charge in [0, 0.05) is 30.6 Å². The van der Waals surface area contributed by atoms with Crippen LogP contribution in [-0.4, -0.2) is 18.5 Å². The first-order chi connectivity index (χ1) is 7.83. The van der Waals surface area contributed by atoms with Gasteiger partial charge in [-0.15, -0.1) is 0 Å². The van der Waals surface area contributed by atoms with Gasteiger partial charge in [0.05, 0.1) is 0 Å². The van der Waals surface area contributed by atoms with E-state index in [1.807, 2.05) is 12.1 Å². The molecule has 84 valence electrons. The van der Waals surface area contributed by atoms with Gasteiger partial charge in [0.15, 0.2) is 0 Å². The van der Waals surface area contributed by atoms with E-state index in [-0.39, 0.29) is 5.91 Å². The number of nitrogens with one attached hydrogen (secondary N) is 2. The summed E-state index contributed by atoms with van der Waals surface area (Å²) in [5.41, 5.74) is 2.47. The van der Waals surface area contributed by atoms with Gasteiger partial charge in [0.2, 0.25) is 5.91 Å². The summed E-state index contributed by atoms with van der Waals surface area (Å²) in [6.45, 7) is 0.886. The molecule has 1 aliphatic heterocycles. The first-order valence-corrected chi connectivity index (χ1v) is 5.95. The van der Waals surface area contributed by atoms with Crippen molar-refractivity contribution in [1.29, 1.82) is 0 Å². The third-order valence-corrected chi connectivity index (χ3v) is 3.31. The minimum absolute atomic E-state index is 0.200. The third-order valence-electron chi connectivity index (χ3n) is 3.31. The Balaban J connectivity index is 1.65. The van der Waals surface area contributed by atoms with Crippen molar-refractivity contribution in [2.75, 3.05) is 11.9 Å². The van der Waals surface area contributed by atoms with Crippen LogP contribution in [0.25, 0.3) is 0 Å². The van der Waals surface area contributed by atoms with Crippen LogP contribution in [0.4, 0.5) is 5.69 Å². The molecule has 0 saturated heterocycles. The van der Waals surface area contributed by atoms with E-state index < -0.39 is 0 Å². The normalized spacial score (nSPS) is 22.4. The number of amides is 1. The SMILES string of the molecule is O=C(CC1CNc2ccccc21)NC1CC1. The molecule has 1 saturated carbocycles. The average molecular weight is 216 g/mol. The van der Waals surface area contributed by atoms with Crippen molar-refractivity contribution in [1.82, 2.24) is 5.32 Å². The fourth-order valence-corrected chi connectivity index (χ4v) is 2.28. The van der Waals surface area contributed by atoms with Crippen LogP contribution >= 0.6 is 0 Å². The van der Waals surface area contributed by atoms with Gasteiger partial charge in [-0.1, -0.05) is 18.2 Å². The summed E-state index contributed by atoms with van der Waals surface area (Å²) in [5, 5.41) is 6.39. The molecular formula is C13H16N2O. The maximum absolute atomic E-state index is 11.7. The maximum atomic E-state index is 11.7. The molecule has 3 nitrogen and oxygen atoms in total. The van der Waals surface area contributed by atoms with Crippen LogP contribution in [0.3, 0.4) is 0 Å². The Hall–Kier alpha value is -1.51. The molecule has 1 amide bonds. The molecule has 2 N–H and O–H groups in total. The molecule has 1 aromatic rings. The number of hydrogen-bond donors (Lipinski definition) is 2. The van der Waals surface area contributed by atoms with E-state index in [9.17, 15) is 4.79 Å². The van der Waals surface area contributed by atoms with Crippen molar-refractivity contribution in [3.05, 3.63) is 29.8 Å². The van der Waals surface area contributed by atoms with Gasteiger partial charge >= 0.3 is 0 Å². The molecule has 1 fully saturated rings. The summed E-state index contributed by atoms with van der Waals surface area (Å²) in [6.07, 6.45) is 2.93. The van der Waals surface area contributed by atoms with Crippen LogP contribution in [0.1, 0.15) is 30.7 Å². The van der Waals surface area contributed by atoms with Crippen LogP contribution in [0.5, 0.6) is 0 Å². The molecule has 0 radical (unpaired) electrons. The lowest BCUT2D eigenvalue weighted by atomic mass is 9.97. The number of hydrogen-bond acceptors (Lipinski definition) is 2. The molecule has 1 unspecified atom stereocenters. The minimum atomic E-state index is 0.200. The predicted octanol–water partition coefficient (Wildman–Crippen LogP) is 1.86. The number of rotatable bonds is 3. The van der Waals surface area contributed by atoms with Crippen molar-refractivity contribution in [3.63, 3.8) is 0 Å². The van der Waals surface area contributed by atoms with Gasteiger partial charge in [0.1, 0.15) is 0 Å². The van der Waals surface area contributed by atoms with Crippen molar-refractivity contribution in [2.24, 2.45) is 0 Å². The predicted molar refractivity (Wildman–Crippen MR) is 63.5 cm³/mol.